The number of hydrazine groups is 1. The highest BCUT2D eigenvalue weighted by molar-refractivity contribution is 6.08. The van der Waals surface area contributed by atoms with Crippen LogP contribution in [0.4, 0.5) is 4.79 Å². The fourth-order valence-corrected chi connectivity index (χ4v) is 4.36. The lowest BCUT2D eigenvalue weighted by Gasteiger charge is -2.26. The van der Waals surface area contributed by atoms with Crippen LogP contribution in [0.3, 0.4) is 0 Å². The topological polar surface area (TPSA) is 100 Å². The molecule has 1 aliphatic carbocycles. The van der Waals surface area contributed by atoms with E-state index in [0.29, 0.717) is 30.0 Å². The largest absolute Gasteiger partial charge is 0.497 e. The minimum Gasteiger partial charge on any atom is -0.497 e. The summed E-state index contributed by atoms with van der Waals surface area (Å²) in [6.45, 7) is 2.33. The van der Waals surface area contributed by atoms with Crippen LogP contribution in [-0.4, -0.2) is 54.6 Å². The lowest BCUT2D eigenvalue weighted by molar-refractivity contribution is -0.140. The highest BCUT2D eigenvalue weighted by Crippen LogP contribution is 2.33. The molecule has 2 fully saturated rings. The molecule has 9 nitrogen and oxygen atoms in total. The number of ether oxygens (including phenoxy) is 2. The van der Waals surface area contributed by atoms with Gasteiger partial charge in [-0.15, -0.1) is 0 Å². The molecular weight excluding hydrogens is 436 g/mol. The Labute approximate surface area is 199 Å². The van der Waals surface area contributed by atoms with Gasteiger partial charge in [0.05, 0.1) is 20.8 Å². The Morgan fingerprint density at radius 3 is 2.50 bits per heavy atom. The SMILES string of the molecule is CC[C@@]1(c2ccccc2)NC(=O)N(NC(=O)CN(Cc2cc(OC)ccc2OC)C2CC2)C1=O. The van der Waals surface area contributed by atoms with Crippen molar-refractivity contribution in [2.45, 2.75) is 44.3 Å². The molecule has 2 N–H and O–H groups in total. The monoisotopic (exact) mass is 466 g/mol. The maximum Gasteiger partial charge on any atom is 0.344 e. The summed E-state index contributed by atoms with van der Waals surface area (Å²) >= 11 is 0. The molecule has 0 spiro atoms. The molecule has 4 amide bonds. The van der Waals surface area contributed by atoms with Gasteiger partial charge in [-0.3, -0.25) is 19.9 Å². The summed E-state index contributed by atoms with van der Waals surface area (Å²) in [5.74, 6) is 0.480. The van der Waals surface area contributed by atoms with Gasteiger partial charge in [0.2, 0.25) is 0 Å². The molecule has 34 heavy (non-hydrogen) atoms. The molecule has 1 atom stereocenters. The number of carbonyl (C=O) groups excluding carboxylic acids is 3. The molecule has 9 heteroatoms. The Hall–Kier alpha value is -3.59. The maximum absolute atomic E-state index is 13.3. The summed E-state index contributed by atoms with van der Waals surface area (Å²) in [6.07, 6.45) is 2.32. The summed E-state index contributed by atoms with van der Waals surface area (Å²) in [6, 6.07) is 14.2. The maximum atomic E-state index is 13.3. The van der Waals surface area contributed by atoms with E-state index in [1.54, 1.807) is 26.4 Å². The zero-order chi connectivity index (χ0) is 24.3. The molecule has 0 aromatic heterocycles. The number of amides is 4. The number of methoxy groups -OCH3 is 2. The third-order valence-corrected chi connectivity index (χ3v) is 6.40. The van der Waals surface area contributed by atoms with Crippen LogP contribution in [0.2, 0.25) is 0 Å². The first-order valence-electron chi connectivity index (χ1n) is 11.4. The minimum atomic E-state index is -1.20. The van der Waals surface area contributed by atoms with E-state index in [2.05, 4.69) is 10.7 Å². The molecule has 2 aromatic carbocycles. The molecule has 1 aliphatic heterocycles. The Balaban J connectivity index is 1.47. The molecule has 1 saturated heterocycles. The second-order valence-electron chi connectivity index (χ2n) is 8.54. The van der Waals surface area contributed by atoms with Gasteiger partial charge < -0.3 is 14.8 Å². The molecule has 1 saturated carbocycles. The van der Waals surface area contributed by atoms with Crippen LogP contribution in [0, 0.1) is 0 Å². The van der Waals surface area contributed by atoms with E-state index in [0.717, 1.165) is 23.4 Å². The Morgan fingerprint density at radius 2 is 1.88 bits per heavy atom. The van der Waals surface area contributed by atoms with Crippen LogP contribution in [0.5, 0.6) is 11.5 Å². The first-order valence-corrected chi connectivity index (χ1v) is 11.4. The van der Waals surface area contributed by atoms with Crippen molar-refractivity contribution in [2.24, 2.45) is 0 Å². The van der Waals surface area contributed by atoms with Gasteiger partial charge in [0.15, 0.2) is 0 Å². The summed E-state index contributed by atoms with van der Waals surface area (Å²) < 4.78 is 10.8. The van der Waals surface area contributed by atoms with Crippen molar-refractivity contribution < 1.29 is 23.9 Å². The van der Waals surface area contributed by atoms with Crippen LogP contribution in [0.25, 0.3) is 0 Å². The van der Waals surface area contributed by atoms with Crippen molar-refractivity contribution in [1.82, 2.24) is 20.7 Å². The van der Waals surface area contributed by atoms with E-state index >= 15 is 0 Å². The number of nitrogens with zero attached hydrogens (tertiary/aromatic N) is 2. The highest BCUT2D eigenvalue weighted by Gasteiger charge is 2.52. The summed E-state index contributed by atoms with van der Waals surface area (Å²) in [4.78, 5) is 40.9. The molecule has 4 rings (SSSR count). The predicted octanol–water partition coefficient (Wildman–Crippen LogP) is 2.56. The normalized spacial score (nSPS) is 19.8. The van der Waals surface area contributed by atoms with Crippen molar-refractivity contribution in [3.63, 3.8) is 0 Å². The average Bonchev–Trinajstić information content (AvgIpc) is 3.67. The van der Waals surface area contributed by atoms with Crippen molar-refractivity contribution in [2.75, 3.05) is 20.8 Å². The van der Waals surface area contributed by atoms with Gasteiger partial charge in [0.25, 0.3) is 11.8 Å². The number of imide groups is 1. The van der Waals surface area contributed by atoms with E-state index < -0.39 is 23.4 Å². The second-order valence-corrected chi connectivity index (χ2v) is 8.54. The summed E-state index contributed by atoms with van der Waals surface area (Å²) in [5, 5.41) is 3.57. The van der Waals surface area contributed by atoms with Gasteiger partial charge in [0.1, 0.15) is 17.0 Å². The van der Waals surface area contributed by atoms with E-state index in [1.165, 1.54) is 0 Å². The van der Waals surface area contributed by atoms with E-state index in [4.69, 9.17) is 9.47 Å². The number of rotatable bonds is 10. The van der Waals surface area contributed by atoms with Gasteiger partial charge in [-0.05, 0) is 43.0 Å². The number of hydrogen-bond donors (Lipinski definition) is 2. The van der Waals surface area contributed by atoms with Crippen molar-refractivity contribution >= 4 is 17.8 Å². The molecule has 0 bridgehead atoms. The van der Waals surface area contributed by atoms with E-state index in [1.807, 2.05) is 48.2 Å². The standard InChI is InChI=1S/C25H30N4O5/c1-4-25(18-8-6-5-7-9-18)23(31)29(24(32)26-25)27-22(30)16-28(19-10-11-19)15-17-14-20(33-2)12-13-21(17)34-3/h5-9,12-14,19H,4,10-11,15-16H2,1-3H3,(H,26,32)(H,27,30)/t25-/m0/s1. The fourth-order valence-electron chi connectivity index (χ4n) is 4.36. The van der Waals surface area contributed by atoms with Gasteiger partial charge in [0, 0.05) is 18.2 Å². The molecule has 1 heterocycles. The third-order valence-electron chi connectivity index (χ3n) is 6.40. The highest BCUT2D eigenvalue weighted by atomic mass is 16.5. The number of benzene rings is 2. The number of urea groups is 1. The fraction of sp³-hybridized carbons (Fsp3) is 0.400. The van der Waals surface area contributed by atoms with Crippen LogP contribution in [0.15, 0.2) is 48.5 Å². The van der Waals surface area contributed by atoms with Gasteiger partial charge in [-0.1, -0.05) is 37.3 Å². The average molecular weight is 467 g/mol. The summed E-state index contributed by atoms with van der Waals surface area (Å²) in [5.41, 5.74) is 2.90. The molecule has 0 unspecified atom stereocenters. The van der Waals surface area contributed by atoms with Gasteiger partial charge in [-0.2, -0.15) is 5.01 Å². The number of carbonyl (C=O) groups is 3. The van der Waals surface area contributed by atoms with Crippen LogP contribution in [-0.2, 0) is 21.7 Å². The Bertz CT molecular complexity index is 1070. The smallest absolute Gasteiger partial charge is 0.344 e. The van der Waals surface area contributed by atoms with Crippen molar-refractivity contribution in [3.8, 4) is 11.5 Å². The molecule has 180 valence electrons. The molecule has 0 radical (unpaired) electrons. The quantitative estimate of drug-likeness (QED) is 0.522. The zero-order valence-electron chi connectivity index (χ0n) is 19.7. The first kappa shape index (κ1) is 23.6. The first-order chi connectivity index (χ1) is 16.4. The van der Waals surface area contributed by atoms with Crippen LogP contribution in [0.1, 0.15) is 37.3 Å². The molecule has 2 aliphatic rings. The zero-order valence-corrected chi connectivity index (χ0v) is 19.7. The lowest BCUT2D eigenvalue weighted by atomic mass is 9.87. The second kappa shape index (κ2) is 9.72. The number of nitrogens with one attached hydrogen (secondary N) is 2. The molecular formula is C25H30N4O5. The molecule has 2 aromatic rings. The van der Waals surface area contributed by atoms with E-state index in [-0.39, 0.29) is 12.6 Å². The van der Waals surface area contributed by atoms with Crippen molar-refractivity contribution in [3.05, 3.63) is 59.7 Å². The minimum absolute atomic E-state index is 0.0343. The number of hydrogen-bond acceptors (Lipinski definition) is 6. The Kier molecular flexibility index (Phi) is 6.74. The van der Waals surface area contributed by atoms with Crippen molar-refractivity contribution in [1.29, 1.82) is 0 Å². The Morgan fingerprint density at radius 1 is 1.15 bits per heavy atom. The third kappa shape index (κ3) is 4.56. The summed E-state index contributed by atoms with van der Waals surface area (Å²) in [7, 11) is 3.20. The lowest BCUT2D eigenvalue weighted by Crippen LogP contribution is -2.51. The van der Waals surface area contributed by atoms with Gasteiger partial charge >= 0.3 is 6.03 Å². The van der Waals surface area contributed by atoms with Crippen LogP contribution < -0.4 is 20.2 Å². The van der Waals surface area contributed by atoms with Crippen LogP contribution >= 0.6 is 0 Å². The van der Waals surface area contributed by atoms with E-state index in [9.17, 15) is 14.4 Å². The van der Waals surface area contributed by atoms with Gasteiger partial charge in [-0.25, -0.2) is 4.79 Å². The predicted molar refractivity (Wildman–Crippen MR) is 125 cm³/mol.